The van der Waals surface area contributed by atoms with Gasteiger partial charge in [0.15, 0.2) is 17.9 Å². The van der Waals surface area contributed by atoms with Crippen molar-refractivity contribution in [2.75, 3.05) is 13.2 Å². The first kappa shape index (κ1) is 35.7. The van der Waals surface area contributed by atoms with Crippen molar-refractivity contribution in [3.05, 3.63) is 119 Å². The van der Waals surface area contributed by atoms with Gasteiger partial charge >= 0.3 is 12.5 Å². The predicted octanol–water partition coefficient (Wildman–Crippen LogP) is 10.8. The third-order valence-electron chi connectivity index (χ3n) is 7.51. The number of benzene rings is 4. The van der Waals surface area contributed by atoms with Crippen LogP contribution in [0.15, 0.2) is 78.9 Å². The molecule has 260 valence electrons. The van der Waals surface area contributed by atoms with Gasteiger partial charge in [-0.1, -0.05) is 48.6 Å². The molecule has 0 radical (unpaired) electrons. The first-order valence-corrected chi connectivity index (χ1v) is 14.7. The highest BCUT2D eigenvalue weighted by Crippen LogP contribution is 2.40. The van der Waals surface area contributed by atoms with Crippen LogP contribution in [-0.4, -0.2) is 19.6 Å². The van der Waals surface area contributed by atoms with Crippen LogP contribution in [0.25, 0.3) is 22.3 Å². The molecule has 14 heteroatoms. The van der Waals surface area contributed by atoms with Gasteiger partial charge in [-0.05, 0) is 54.7 Å². The first-order valence-electron chi connectivity index (χ1n) is 14.7. The highest BCUT2D eigenvalue weighted by Gasteiger charge is 2.42. The summed E-state index contributed by atoms with van der Waals surface area (Å²) >= 11 is 0. The molecule has 1 fully saturated rings. The van der Waals surface area contributed by atoms with Gasteiger partial charge in [0.25, 0.3) is 0 Å². The van der Waals surface area contributed by atoms with Crippen molar-refractivity contribution in [1.29, 1.82) is 0 Å². The average molecular weight is 701 g/mol. The number of allylic oxidation sites excluding steroid dienone is 2. The molecule has 0 unspecified atom stereocenters. The predicted molar refractivity (Wildman–Crippen MR) is 157 cm³/mol. The van der Waals surface area contributed by atoms with Crippen LogP contribution in [0.2, 0.25) is 0 Å². The van der Waals surface area contributed by atoms with Crippen LogP contribution < -0.4 is 9.47 Å². The molecule has 1 saturated heterocycles. The molecule has 1 heterocycles. The lowest BCUT2D eigenvalue weighted by Gasteiger charge is -2.29. The molecule has 0 amide bonds. The molecular weight excluding hydrogens is 674 g/mol. The third kappa shape index (κ3) is 8.54. The van der Waals surface area contributed by atoms with E-state index in [4.69, 9.17) is 9.47 Å². The van der Waals surface area contributed by atoms with E-state index < -0.39 is 70.5 Å². The lowest BCUT2D eigenvalue weighted by Crippen LogP contribution is -2.27. The normalized spacial score (nSPS) is 17.0. The Balaban J connectivity index is 1.30. The maximum absolute atomic E-state index is 15.2. The Hall–Kier alpha value is -4.56. The van der Waals surface area contributed by atoms with Gasteiger partial charge in [-0.25, -0.2) is 22.0 Å². The maximum Gasteiger partial charge on any atom is 0.573 e. The van der Waals surface area contributed by atoms with Crippen LogP contribution >= 0.6 is 0 Å². The van der Waals surface area contributed by atoms with E-state index >= 15 is 4.39 Å². The van der Waals surface area contributed by atoms with E-state index in [0.717, 1.165) is 24.5 Å². The lowest BCUT2D eigenvalue weighted by molar-refractivity contribution is -0.276. The molecule has 0 N–H and O–H groups in total. The van der Waals surface area contributed by atoms with Gasteiger partial charge in [0.05, 0.1) is 13.2 Å². The Bertz CT molecular complexity index is 1770. The third-order valence-corrected chi connectivity index (χ3v) is 7.51. The molecule has 1 aliphatic heterocycles. The monoisotopic (exact) mass is 700 g/mol. The molecule has 4 nitrogen and oxygen atoms in total. The van der Waals surface area contributed by atoms with E-state index in [9.17, 15) is 39.5 Å². The summed E-state index contributed by atoms with van der Waals surface area (Å²) in [6, 6.07) is 11.3. The highest BCUT2D eigenvalue weighted by molar-refractivity contribution is 5.71. The van der Waals surface area contributed by atoms with Crippen LogP contribution in [0.5, 0.6) is 11.5 Å². The van der Waals surface area contributed by atoms with Crippen LogP contribution in [0.3, 0.4) is 0 Å². The smallest absolute Gasteiger partial charge is 0.429 e. The zero-order chi connectivity index (χ0) is 35.5. The second kappa shape index (κ2) is 14.5. The van der Waals surface area contributed by atoms with E-state index in [1.54, 1.807) is 24.3 Å². The second-order valence-corrected chi connectivity index (χ2v) is 11.0. The minimum absolute atomic E-state index is 0.0904. The summed E-state index contributed by atoms with van der Waals surface area (Å²) in [4.78, 5) is 0. The number of hydrogen-bond acceptors (Lipinski definition) is 4. The molecule has 1 aliphatic rings. The van der Waals surface area contributed by atoms with Crippen molar-refractivity contribution >= 4 is 0 Å². The molecule has 0 atom stereocenters. The highest BCUT2D eigenvalue weighted by atomic mass is 19.4. The van der Waals surface area contributed by atoms with Gasteiger partial charge in [-0.2, -0.15) is 8.78 Å². The van der Waals surface area contributed by atoms with Gasteiger partial charge < -0.3 is 18.9 Å². The van der Waals surface area contributed by atoms with Crippen molar-refractivity contribution in [3.8, 4) is 33.8 Å². The number of ether oxygens (including phenoxy) is 4. The maximum atomic E-state index is 15.2. The van der Waals surface area contributed by atoms with Gasteiger partial charge in [0, 0.05) is 29.2 Å². The summed E-state index contributed by atoms with van der Waals surface area (Å²) < 4.78 is 159. The summed E-state index contributed by atoms with van der Waals surface area (Å²) in [5.41, 5.74) is -1.07. The van der Waals surface area contributed by atoms with E-state index in [1.165, 1.54) is 12.1 Å². The first-order chi connectivity index (χ1) is 23.1. The quantitative estimate of drug-likeness (QED) is 0.122. The zero-order valence-electron chi connectivity index (χ0n) is 25.4. The van der Waals surface area contributed by atoms with Crippen molar-refractivity contribution in [1.82, 2.24) is 0 Å². The fourth-order valence-corrected chi connectivity index (χ4v) is 5.18. The molecule has 0 spiro atoms. The zero-order valence-corrected chi connectivity index (χ0v) is 25.4. The Morgan fingerprint density at radius 2 is 1.27 bits per heavy atom. The molecule has 0 aromatic heterocycles. The van der Waals surface area contributed by atoms with Gasteiger partial charge in [0.2, 0.25) is 5.75 Å². The Kier molecular flexibility index (Phi) is 10.6. The van der Waals surface area contributed by atoms with Crippen LogP contribution in [-0.2, 0) is 15.6 Å². The molecule has 0 bridgehead atoms. The number of alkyl halides is 5. The summed E-state index contributed by atoms with van der Waals surface area (Å²) in [5, 5.41) is 0. The molecular formula is C35H26F10O4. The fourth-order valence-electron chi connectivity index (χ4n) is 5.18. The summed E-state index contributed by atoms with van der Waals surface area (Å²) in [7, 11) is 0. The standard InChI is InChI=1S/C35H26F10O4/c1-2-3-4-5-19-17-46-33(47-18-19)21-8-6-20(7-9-21)22-10-11-25(26(36)12-22)23-13-27(37)31(28(38)14-23)34(41,42)48-24-15-29(39)32(30(40)16-24)49-35(43,44)45/h2-3,6-16,19,33H,4-5,17-18H2,1H3/b3-2+. The number of hydrogen-bond donors (Lipinski definition) is 0. The topological polar surface area (TPSA) is 36.9 Å². The molecule has 49 heavy (non-hydrogen) atoms. The van der Waals surface area contributed by atoms with Gasteiger partial charge in [-0.15, -0.1) is 13.2 Å². The van der Waals surface area contributed by atoms with Gasteiger partial charge in [0.1, 0.15) is 28.8 Å². The van der Waals surface area contributed by atoms with Gasteiger partial charge in [-0.3, -0.25) is 0 Å². The summed E-state index contributed by atoms with van der Waals surface area (Å²) in [5.74, 6) is -12.0. The largest absolute Gasteiger partial charge is 0.573 e. The van der Waals surface area contributed by atoms with Crippen molar-refractivity contribution in [2.45, 2.75) is 38.5 Å². The van der Waals surface area contributed by atoms with E-state index in [1.807, 2.05) is 13.0 Å². The average Bonchev–Trinajstić information content (AvgIpc) is 3.02. The van der Waals surface area contributed by atoms with Crippen LogP contribution in [0, 0.1) is 35.0 Å². The Labute approximate surface area is 273 Å². The van der Waals surface area contributed by atoms with Crippen molar-refractivity contribution in [3.63, 3.8) is 0 Å². The van der Waals surface area contributed by atoms with Crippen LogP contribution in [0.4, 0.5) is 43.9 Å². The lowest BCUT2D eigenvalue weighted by atomic mass is 9.97. The van der Waals surface area contributed by atoms with E-state index in [0.29, 0.717) is 36.5 Å². The SMILES string of the molecule is C/C=C/CCC1COC(c2ccc(-c3ccc(-c4cc(F)c(C(F)(F)Oc5cc(F)c(OC(F)(F)F)c(F)c5)c(F)c4)c(F)c3)cc2)OC1. The minimum Gasteiger partial charge on any atom is -0.429 e. The Morgan fingerprint density at radius 1 is 0.694 bits per heavy atom. The fraction of sp³-hybridized carbons (Fsp3) is 0.257. The molecule has 0 aliphatic carbocycles. The molecule has 4 aromatic carbocycles. The summed E-state index contributed by atoms with van der Waals surface area (Å²) in [6.07, 6.45) is -5.05. The van der Waals surface area contributed by atoms with Crippen molar-refractivity contribution < 1.29 is 62.9 Å². The van der Waals surface area contributed by atoms with Crippen LogP contribution in [0.1, 0.15) is 37.2 Å². The Morgan fingerprint density at radius 3 is 1.82 bits per heavy atom. The molecule has 5 rings (SSSR count). The molecule has 0 saturated carbocycles. The van der Waals surface area contributed by atoms with E-state index in [2.05, 4.69) is 15.5 Å². The van der Waals surface area contributed by atoms with E-state index in [-0.39, 0.29) is 23.6 Å². The summed E-state index contributed by atoms with van der Waals surface area (Å²) in [6.45, 7) is 3.04. The minimum atomic E-state index is -5.51. The van der Waals surface area contributed by atoms with Crippen molar-refractivity contribution in [2.24, 2.45) is 5.92 Å². The number of rotatable bonds is 10. The second-order valence-electron chi connectivity index (χ2n) is 11.0. The number of halogens is 10. The molecule has 4 aromatic rings.